The van der Waals surface area contributed by atoms with Gasteiger partial charge in [0.2, 0.25) is 5.69 Å². The van der Waals surface area contributed by atoms with Crippen LogP contribution in [0.4, 0.5) is 36.6 Å². The first-order valence-corrected chi connectivity index (χ1v) is 17.7. The molecule has 2 aliphatic heterocycles. The Labute approximate surface area is 276 Å². The van der Waals surface area contributed by atoms with Crippen LogP contribution in [0.1, 0.15) is 37.5 Å². The normalized spacial score (nSPS) is 20.9. The summed E-state index contributed by atoms with van der Waals surface area (Å²) in [6, 6.07) is 37.6. The first-order chi connectivity index (χ1) is 22.3. The molecule has 48 heavy (non-hydrogen) atoms. The number of nitrogens with zero attached hydrogens (tertiary/aromatic N) is 2. The number of rotatable bonds is 4. The molecule has 0 aromatic heterocycles. The van der Waals surface area contributed by atoms with E-state index >= 15 is 0 Å². The molecule has 0 radical (unpaired) electrons. The third-order valence-corrected chi connectivity index (χ3v) is 9.55. The van der Waals surface area contributed by atoms with Gasteiger partial charge in [-0.05, 0) is 78.1 Å². The molecule has 2 heterocycles. The van der Waals surface area contributed by atoms with Gasteiger partial charge >= 0.3 is 33.0 Å². The van der Waals surface area contributed by atoms with Gasteiger partial charge in [-0.25, -0.2) is 0 Å². The van der Waals surface area contributed by atoms with E-state index in [1.807, 2.05) is 0 Å². The summed E-state index contributed by atoms with van der Waals surface area (Å²) in [5, 5.41) is 5.29. The first kappa shape index (κ1) is 33.5. The van der Waals surface area contributed by atoms with E-state index in [4.69, 9.17) is 0 Å². The quantitative estimate of drug-likeness (QED) is 0.104. The monoisotopic (exact) mass is 678 g/mol. The molecule has 250 valence electrons. The van der Waals surface area contributed by atoms with Crippen molar-refractivity contribution in [2.24, 2.45) is 0 Å². The predicted octanol–water partition coefficient (Wildman–Crippen LogP) is 12.5. The van der Waals surface area contributed by atoms with Crippen LogP contribution in [0.15, 0.2) is 127 Å². The van der Waals surface area contributed by atoms with E-state index in [2.05, 4.69) is 166 Å². The van der Waals surface area contributed by atoms with Gasteiger partial charge in [-0.1, -0.05) is 91.0 Å². The van der Waals surface area contributed by atoms with Crippen molar-refractivity contribution in [3.8, 4) is 0 Å². The fourth-order valence-electron chi connectivity index (χ4n) is 7.65. The van der Waals surface area contributed by atoms with Crippen molar-refractivity contribution in [3.63, 3.8) is 0 Å². The molecule has 5 aromatic carbocycles. The van der Waals surface area contributed by atoms with E-state index in [0.717, 1.165) is 6.42 Å². The molecular formula is C39H37F6N2P. The summed E-state index contributed by atoms with van der Waals surface area (Å²) in [6.07, 6.45) is 7.92. The van der Waals surface area contributed by atoms with E-state index < -0.39 is 7.81 Å². The van der Waals surface area contributed by atoms with Crippen LogP contribution in [0.3, 0.4) is 0 Å². The molecule has 2 nitrogen and oxygen atoms in total. The summed E-state index contributed by atoms with van der Waals surface area (Å²) in [4.78, 5) is 2.41. The topological polar surface area (TPSA) is 6.25 Å². The number of hydrogen-bond donors (Lipinski definition) is 0. The Kier molecular flexibility index (Phi) is 7.53. The van der Waals surface area contributed by atoms with E-state index in [0.29, 0.717) is 0 Å². The molecule has 7 rings (SSSR count). The summed E-state index contributed by atoms with van der Waals surface area (Å²) in [5.41, 5.74) is 9.15. The van der Waals surface area contributed by atoms with Crippen molar-refractivity contribution in [2.45, 2.75) is 38.0 Å². The average molecular weight is 679 g/mol. The molecule has 0 aliphatic carbocycles. The third kappa shape index (κ3) is 6.51. The van der Waals surface area contributed by atoms with Gasteiger partial charge in [0.1, 0.15) is 7.05 Å². The SMILES string of the molecule is CN1C(=CC=CC2=[N+](C)c3ccc4ccccc4c3C2(C)C)C(C)(Cc2ccccc2)c2c1ccc1ccccc21.F[P-](F)(F)(F)(F)F. The Morgan fingerprint density at radius 2 is 1.21 bits per heavy atom. The van der Waals surface area contributed by atoms with Crippen molar-refractivity contribution in [2.75, 3.05) is 19.0 Å². The molecular weight excluding hydrogens is 641 g/mol. The van der Waals surface area contributed by atoms with Gasteiger partial charge in [-0.2, -0.15) is 4.58 Å². The van der Waals surface area contributed by atoms with E-state index in [1.54, 1.807) is 0 Å². The Morgan fingerprint density at radius 1 is 0.688 bits per heavy atom. The molecule has 1 unspecified atom stereocenters. The number of fused-ring (bicyclic) bond motifs is 6. The molecule has 0 saturated carbocycles. The molecule has 0 spiro atoms. The summed E-state index contributed by atoms with van der Waals surface area (Å²) in [6.45, 7) is 7.14. The van der Waals surface area contributed by atoms with Gasteiger partial charge in [-0.3, -0.25) is 0 Å². The summed E-state index contributed by atoms with van der Waals surface area (Å²) < 4.78 is 61.6. The second kappa shape index (κ2) is 10.8. The maximum absolute atomic E-state index is 10.7. The molecule has 0 amide bonds. The summed E-state index contributed by atoms with van der Waals surface area (Å²) in [5.74, 6) is 0. The number of halogens is 6. The molecule has 2 aliphatic rings. The van der Waals surface area contributed by atoms with Crippen LogP contribution in [0.5, 0.6) is 0 Å². The zero-order chi connectivity index (χ0) is 34.8. The molecule has 0 N–H and O–H groups in total. The number of likely N-dealkylation sites (N-methyl/N-ethyl adjacent to an activating group) is 1. The number of benzene rings is 5. The number of hydrogen-bond acceptors (Lipinski definition) is 1. The van der Waals surface area contributed by atoms with Crippen molar-refractivity contribution in [1.82, 2.24) is 0 Å². The summed E-state index contributed by atoms with van der Waals surface area (Å²) in [7, 11) is -6.22. The van der Waals surface area contributed by atoms with Crippen molar-refractivity contribution >= 4 is 46.4 Å². The van der Waals surface area contributed by atoms with Crippen LogP contribution in [0, 0.1) is 0 Å². The van der Waals surface area contributed by atoms with Crippen molar-refractivity contribution in [1.29, 1.82) is 0 Å². The van der Waals surface area contributed by atoms with Crippen LogP contribution in [-0.2, 0) is 17.3 Å². The molecule has 0 saturated heterocycles. The van der Waals surface area contributed by atoms with Crippen LogP contribution in [-0.4, -0.2) is 24.4 Å². The van der Waals surface area contributed by atoms with E-state index in [1.165, 1.54) is 61.0 Å². The minimum absolute atomic E-state index is 0.103. The third-order valence-electron chi connectivity index (χ3n) is 9.55. The standard InChI is InChI=1S/C39H37N2.F6P/c1-38(2)34(40(4)32-24-22-28-16-9-11-18-30(28)36(32)38)20-13-21-35-39(3,26-27-14-7-6-8-15-27)37-31-19-12-10-17-29(31)23-25-33(37)41(35)5;1-7(2,3,4,5)6/h6-25H,26H2,1-5H3;/q+1;-1. The van der Waals surface area contributed by atoms with Crippen molar-refractivity contribution in [3.05, 3.63) is 144 Å². The molecule has 1 atom stereocenters. The second-order valence-electron chi connectivity index (χ2n) is 13.4. The van der Waals surface area contributed by atoms with Gasteiger partial charge in [-0.15, -0.1) is 0 Å². The average Bonchev–Trinajstić information content (AvgIpc) is 3.34. The predicted molar refractivity (Wildman–Crippen MR) is 188 cm³/mol. The van der Waals surface area contributed by atoms with Crippen LogP contribution < -0.4 is 4.90 Å². The number of anilines is 1. The fourth-order valence-corrected chi connectivity index (χ4v) is 7.65. The first-order valence-electron chi connectivity index (χ1n) is 15.6. The minimum atomic E-state index is -10.7. The van der Waals surface area contributed by atoms with E-state index in [-0.39, 0.29) is 10.8 Å². The van der Waals surface area contributed by atoms with E-state index in [9.17, 15) is 25.2 Å². The van der Waals surface area contributed by atoms with Crippen molar-refractivity contribution < 1.29 is 29.8 Å². The second-order valence-corrected chi connectivity index (χ2v) is 15.3. The van der Waals surface area contributed by atoms with Crippen LogP contribution in [0.25, 0.3) is 21.5 Å². The Hall–Kier alpha value is -4.42. The Bertz CT molecular complexity index is 2160. The molecule has 0 fully saturated rings. The van der Waals surface area contributed by atoms with Gasteiger partial charge < -0.3 is 4.90 Å². The van der Waals surface area contributed by atoms with Crippen LogP contribution in [0.2, 0.25) is 0 Å². The van der Waals surface area contributed by atoms with Crippen LogP contribution >= 0.6 is 7.81 Å². The maximum atomic E-state index is 9.87. The van der Waals surface area contributed by atoms with Gasteiger partial charge in [0.25, 0.3) is 0 Å². The van der Waals surface area contributed by atoms with Gasteiger partial charge in [0, 0.05) is 41.6 Å². The number of allylic oxidation sites excluding steroid dienone is 4. The Balaban J connectivity index is 0.000000519. The zero-order valence-electron chi connectivity index (χ0n) is 27.4. The Morgan fingerprint density at radius 3 is 1.81 bits per heavy atom. The zero-order valence-corrected chi connectivity index (χ0v) is 28.3. The molecule has 0 bridgehead atoms. The molecule has 9 heteroatoms. The molecule has 5 aromatic rings. The van der Waals surface area contributed by atoms with Gasteiger partial charge in [0.05, 0.1) is 5.41 Å². The fraction of sp³-hybridized carbons (Fsp3) is 0.205. The summed E-state index contributed by atoms with van der Waals surface area (Å²) >= 11 is 0. The van der Waals surface area contributed by atoms with Gasteiger partial charge in [0.15, 0.2) is 5.71 Å².